The molecule has 29 heavy (non-hydrogen) atoms. The number of aromatic nitrogens is 2. The molecule has 0 aliphatic rings. The summed E-state index contributed by atoms with van der Waals surface area (Å²) in [5, 5.41) is 1.13. The first kappa shape index (κ1) is 17.4. The third-order valence-electron chi connectivity index (χ3n) is 5.32. The smallest absolute Gasteiger partial charge is 0.135 e. The summed E-state index contributed by atoms with van der Waals surface area (Å²) in [7, 11) is 0. The molecule has 0 N–H and O–H groups in total. The Balaban J connectivity index is 1.60. The molecule has 0 bridgehead atoms. The van der Waals surface area contributed by atoms with Gasteiger partial charge in [-0.25, -0.2) is 0 Å². The highest BCUT2D eigenvalue weighted by atomic mass is 16.3. The van der Waals surface area contributed by atoms with E-state index in [-0.39, 0.29) is 0 Å². The van der Waals surface area contributed by atoms with Gasteiger partial charge in [-0.05, 0) is 78.6 Å². The quantitative estimate of drug-likeness (QED) is 0.346. The van der Waals surface area contributed by atoms with Gasteiger partial charge in [-0.3, -0.25) is 9.97 Å². The normalized spacial score (nSPS) is 11.1. The van der Waals surface area contributed by atoms with Gasteiger partial charge in [0.1, 0.15) is 11.3 Å². The molecule has 0 amide bonds. The van der Waals surface area contributed by atoms with Gasteiger partial charge in [-0.1, -0.05) is 24.3 Å². The second-order valence-electron chi connectivity index (χ2n) is 7.30. The highest BCUT2D eigenvalue weighted by molar-refractivity contribution is 5.91. The fraction of sp³-hybridized carbons (Fsp3) is 0.0769. The van der Waals surface area contributed by atoms with Crippen molar-refractivity contribution in [3.8, 4) is 33.7 Å². The molecule has 0 aliphatic heterocycles. The van der Waals surface area contributed by atoms with Crippen LogP contribution in [0.5, 0.6) is 0 Å². The van der Waals surface area contributed by atoms with Crippen molar-refractivity contribution in [2.75, 3.05) is 0 Å². The molecule has 0 saturated heterocycles. The molecule has 5 aromatic rings. The lowest BCUT2D eigenvalue weighted by Crippen LogP contribution is -1.87. The van der Waals surface area contributed by atoms with Crippen molar-refractivity contribution in [2.24, 2.45) is 0 Å². The van der Waals surface area contributed by atoms with Crippen LogP contribution in [0.4, 0.5) is 0 Å². The third kappa shape index (κ3) is 3.21. The molecule has 5 rings (SSSR count). The van der Waals surface area contributed by atoms with Crippen LogP contribution in [0.3, 0.4) is 0 Å². The number of nitrogens with zero attached hydrogens (tertiary/aromatic N) is 2. The van der Waals surface area contributed by atoms with Crippen LogP contribution in [0.1, 0.15) is 11.1 Å². The average molecular weight is 376 g/mol. The standard InChI is InChI=1S/C26H20N2O/c1-17-8-13-28-24(14-17)21-5-3-4-20(15-21)22-6-7-25-23(18(22)2)16-26(29-25)19-9-11-27-12-10-19/h3-16H,1-2H3. The van der Waals surface area contributed by atoms with E-state index in [0.29, 0.717) is 0 Å². The molecule has 3 nitrogen and oxygen atoms in total. The Morgan fingerprint density at radius 3 is 2.38 bits per heavy atom. The van der Waals surface area contributed by atoms with E-state index in [1.165, 1.54) is 22.3 Å². The summed E-state index contributed by atoms with van der Waals surface area (Å²) < 4.78 is 6.09. The minimum absolute atomic E-state index is 0.861. The van der Waals surface area contributed by atoms with Crippen LogP contribution >= 0.6 is 0 Å². The van der Waals surface area contributed by atoms with Gasteiger partial charge in [-0.2, -0.15) is 0 Å². The Bertz CT molecular complexity index is 1320. The number of aryl methyl sites for hydroxylation is 2. The zero-order valence-electron chi connectivity index (χ0n) is 16.4. The van der Waals surface area contributed by atoms with Crippen LogP contribution in [0.2, 0.25) is 0 Å². The van der Waals surface area contributed by atoms with Crippen molar-refractivity contribution in [2.45, 2.75) is 13.8 Å². The molecule has 3 heterocycles. The Labute approximate surface area is 169 Å². The molecule has 3 aromatic heterocycles. The minimum Gasteiger partial charge on any atom is -0.456 e. The molecule has 0 spiro atoms. The van der Waals surface area contributed by atoms with Crippen LogP contribution in [0.25, 0.3) is 44.7 Å². The first-order valence-electron chi connectivity index (χ1n) is 9.66. The summed E-state index contributed by atoms with van der Waals surface area (Å²) >= 11 is 0. The second-order valence-corrected chi connectivity index (χ2v) is 7.30. The zero-order chi connectivity index (χ0) is 19.8. The van der Waals surface area contributed by atoms with Crippen molar-refractivity contribution < 1.29 is 4.42 Å². The lowest BCUT2D eigenvalue weighted by atomic mass is 9.95. The lowest BCUT2D eigenvalue weighted by molar-refractivity contribution is 0.631. The summed E-state index contributed by atoms with van der Waals surface area (Å²) in [5.74, 6) is 0.861. The first-order valence-corrected chi connectivity index (χ1v) is 9.66. The molecule has 2 aromatic carbocycles. The van der Waals surface area contributed by atoms with Crippen molar-refractivity contribution in [1.29, 1.82) is 0 Å². The van der Waals surface area contributed by atoms with E-state index in [1.54, 1.807) is 12.4 Å². The summed E-state index contributed by atoms with van der Waals surface area (Å²) in [4.78, 5) is 8.62. The van der Waals surface area contributed by atoms with Gasteiger partial charge in [-0.15, -0.1) is 0 Å². The van der Waals surface area contributed by atoms with Crippen LogP contribution < -0.4 is 0 Å². The molecular formula is C26H20N2O. The van der Waals surface area contributed by atoms with E-state index in [9.17, 15) is 0 Å². The maximum absolute atomic E-state index is 6.09. The summed E-state index contributed by atoms with van der Waals surface area (Å²) in [6, 6.07) is 22.9. The van der Waals surface area contributed by atoms with Crippen LogP contribution in [0, 0.1) is 13.8 Å². The number of fused-ring (bicyclic) bond motifs is 1. The largest absolute Gasteiger partial charge is 0.456 e. The van der Waals surface area contributed by atoms with Gasteiger partial charge < -0.3 is 4.42 Å². The third-order valence-corrected chi connectivity index (χ3v) is 5.32. The van der Waals surface area contributed by atoms with E-state index >= 15 is 0 Å². The monoisotopic (exact) mass is 376 g/mol. The predicted octanol–water partition coefficient (Wildman–Crippen LogP) is 6.84. The molecule has 140 valence electrons. The summed E-state index contributed by atoms with van der Waals surface area (Å²) in [6.45, 7) is 4.24. The van der Waals surface area contributed by atoms with Crippen molar-refractivity contribution in [1.82, 2.24) is 9.97 Å². The van der Waals surface area contributed by atoms with Crippen molar-refractivity contribution >= 4 is 11.0 Å². The van der Waals surface area contributed by atoms with Gasteiger partial charge in [0.2, 0.25) is 0 Å². The highest BCUT2D eigenvalue weighted by Gasteiger charge is 2.12. The predicted molar refractivity (Wildman–Crippen MR) is 118 cm³/mol. The maximum atomic E-state index is 6.09. The van der Waals surface area contributed by atoms with Gasteiger partial charge in [0, 0.05) is 35.1 Å². The van der Waals surface area contributed by atoms with Gasteiger partial charge in [0.05, 0.1) is 5.69 Å². The average Bonchev–Trinajstić information content (AvgIpc) is 3.20. The fourth-order valence-corrected chi connectivity index (χ4v) is 3.76. The topological polar surface area (TPSA) is 38.9 Å². The van der Waals surface area contributed by atoms with E-state index in [1.807, 2.05) is 24.4 Å². The summed E-state index contributed by atoms with van der Waals surface area (Å²) in [6.07, 6.45) is 5.43. The maximum Gasteiger partial charge on any atom is 0.135 e. The molecule has 0 unspecified atom stereocenters. The van der Waals surface area contributed by atoms with Gasteiger partial charge >= 0.3 is 0 Å². The molecule has 0 fully saturated rings. The SMILES string of the molecule is Cc1ccnc(-c2cccc(-c3ccc4oc(-c5ccncc5)cc4c3C)c2)c1. The van der Waals surface area contributed by atoms with Gasteiger partial charge in [0.25, 0.3) is 0 Å². The van der Waals surface area contributed by atoms with E-state index in [2.05, 4.69) is 72.3 Å². The number of rotatable bonds is 3. The van der Waals surface area contributed by atoms with Crippen molar-refractivity contribution in [3.05, 3.63) is 96.4 Å². The van der Waals surface area contributed by atoms with Crippen LogP contribution in [-0.4, -0.2) is 9.97 Å². The number of pyridine rings is 2. The lowest BCUT2D eigenvalue weighted by Gasteiger charge is -2.09. The summed E-state index contributed by atoms with van der Waals surface area (Å²) in [5.41, 5.74) is 8.84. The fourth-order valence-electron chi connectivity index (χ4n) is 3.76. The van der Waals surface area contributed by atoms with Crippen LogP contribution in [0.15, 0.2) is 89.7 Å². The number of furan rings is 1. The molecule has 0 radical (unpaired) electrons. The zero-order valence-corrected chi connectivity index (χ0v) is 16.4. The Morgan fingerprint density at radius 1 is 0.724 bits per heavy atom. The van der Waals surface area contributed by atoms with Crippen molar-refractivity contribution in [3.63, 3.8) is 0 Å². The van der Waals surface area contributed by atoms with E-state index in [4.69, 9.17) is 4.42 Å². The molecule has 0 saturated carbocycles. The Kier molecular flexibility index (Phi) is 4.21. The first-order chi connectivity index (χ1) is 14.2. The second kappa shape index (κ2) is 7.02. The van der Waals surface area contributed by atoms with E-state index < -0.39 is 0 Å². The number of benzene rings is 2. The van der Waals surface area contributed by atoms with Gasteiger partial charge in [0.15, 0.2) is 0 Å². The molecule has 3 heteroatoms. The van der Waals surface area contributed by atoms with E-state index in [0.717, 1.165) is 33.6 Å². The number of hydrogen-bond donors (Lipinski definition) is 0. The Hall–Kier alpha value is -3.72. The Morgan fingerprint density at radius 2 is 1.55 bits per heavy atom. The molecule has 0 aliphatic carbocycles. The minimum atomic E-state index is 0.861. The molecular weight excluding hydrogens is 356 g/mol. The molecule has 0 atom stereocenters. The van der Waals surface area contributed by atoms with Crippen LogP contribution in [-0.2, 0) is 0 Å². The number of hydrogen-bond acceptors (Lipinski definition) is 3. The highest BCUT2D eigenvalue weighted by Crippen LogP contribution is 2.35.